The van der Waals surface area contributed by atoms with Crippen molar-refractivity contribution in [3.63, 3.8) is 0 Å². The number of thioether (sulfide) groups is 1. The molecule has 4 rings (SSSR count). The number of nitrogens with one attached hydrogen (secondary N) is 1. The molecule has 3 aromatic rings. The highest BCUT2D eigenvalue weighted by molar-refractivity contribution is 7.99. The van der Waals surface area contributed by atoms with E-state index in [0.29, 0.717) is 11.9 Å². The van der Waals surface area contributed by atoms with Crippen molar-refractivity contribution in [2.45, 2.75) is 56.6 Å². The Hall–Kier alpha value is -2.13. The van der Waals surface area contributed by atoms with Crippen molar-refractivity contribution in [3.8, 4) is 0 Å². The molecule has 0 radical (unpaired) electrons. The van der Waals surface area contributed by atoms with Gasteiger partial charge in [0.2, 0.25) is 11.8 Å². The van der Waals surface area contributed by atoms with Crippen molar-refractivity contribution in [2.75, 3.05) is 11.1 Å². The smallest absolute Gasteiger partial charge is 0.237 e. The summed E-state index contributed by atoms with van der Waals surface area (Å²) in [4.78, 5) is 13.6. The molecule has 28 heavy (non-hydrogen) atoms. The van der Waals surface area contributed by atoms with Gasteiger partial charge in [-0.2, -0.15) is 0 Å². The number of nitrogens with zero attached hydrogens (tertiary/aromatic N) is 4. The van der Waals surface area contributed by atoms with Crippen LogP contribution in [0.4, 0.5) is 5.88 Å². The van der Waals surface area contributed by atoms with Crippen LogP contribution >= 0.6 is 23.1 Å². The molecule has 0 aliphatic heterocycles. The van der Waals surface area contributed by atoms with Crippen molar-refractivity contribution in [3.05, 3.63) is 40.0 Å². The van der Waals surface area contributed by atoms with E-state index in [0.717, 1.165) is 35.9 Å². The van der Waals surface area contributed by atoms with Crippen LogP contribution in [0.5, 0.6) is 0 Å². The first-order chi connectivity index (χ1) is 13.4. The number of rotatable bonds is 7. The van der Waals surface area contributed by atoms with Gasteiger partial charge < -0.3 is 9.09 Å². The zero-order valence-electron chi connectivity index (χ0n) is 16.1. The lowest BCUT2D eigenvalue weighted by molar-refractivity contribution is -0.113. The van der Waals surface area contributed by atoms with Crippen LogP contribution in [0.15, 0.2) is 33.3 Å². The number of aromatic nitrogens is 4. The van der Waals surface area contributed by atoms with Crippen LogP contribution in [0.25, 0.3) is 0 Å². The number of amides is 1. The van der Waals surface area contributed by atoms with E-state index in [1.54, 1.807) is 17.4 Å². The fourth-order valence-corrected chi connectivity index (χ4v) is 4.31. The van der Waals surface area contributed by atoms with Crippen LogP contribution in [0.2, 0.25) is 0 Å². The molecule has 1 N–H and O–H groups in total. The highest BCUT2D eigenvalue weighted by Gasteiger charge is 2.30. The zero-order chi connectivity index (χ0) is 19.7. The first-order valence-electron chi connectivity index (χ1n) is 9.26. The van der Waals surface area contributed by atoms with Gasteiger partial charge in [-0.25, -0.2) is 0 Å². The maximum Gasteiger partial charge on any atom is 0.237 e. The summed E-state index contributed by atoms with van der Waals surface area (Å²) < 4.78 is 7.42. The lowest BCUT2D eigenvalue weighted by Crippen LogP contribution is -2.14. The van der Waals surface area contributed by atoms with Gasteiger partial charge in [0.1, 0.15) is 5.82 Å². The standard InChI is InChI=1S/C19H23N5O2S2/c1-19(2,3)14-10-17(26-23-14)20-16(25)11-28-18-22-21-15(24(18)12-6-7-12)9-13-5-4-8-27-13/h4-5,8,10,12H,6-7,9,11H2,1-3H3,(H,20,25). The molecular weight excluding hydrogens is 394 g/mol. The Kier molecular flexibility index (Phi) is 5.29. The lowest BCUT2D eigenvalue weighted by Gasteiger charge is -2.12. The lowest BCUT2D eigenvalue weighted by atomic mass is 9.92. The summed E-state index contributed by atoms with van der Waals surface area (Å²) in [6, 6.07) is 6.39. The molecule has 0 bridgehead atoms. The molecule has 0 aromatic carbocycles. The van der Waals surface area contributed by atoms with Crippen molar-refractivity contribution in [1.82, 2.24) is 19.9 Å². The van der Waals surface area contributed by atoms with E-state index in [4.69, 9.17) is 4.52 Å². The summed E-state index contributed by atoms with van der Waals surface area (Å²) in [5.41, 5.74) is 0.683. The third kappa shape index (κ3) is 4.47. The van der Waals surface area contributed by atoms with Gasteiger partial charge in [0.25, 0.3) is 0 Å². The minimum Gasteiger partial charge on any atom is -0.338 e. The first-order valence-corrected chi connectivity index (χ1v) is 11.1. The molecule has 1 fully saturated rings. The summed E-state index contributed by atoms with van der Waals surface area (Å²) in [7, 11) is 0. The maximum absolute atomic E-state index is 12.3. The van der Waals surface area contributed by atoms with Gasteiger partial charge in [0, 0.05) is 28.8 Å². The topological polar surface area (TPSA) is 85.8 Å². The molecule has 0 saturated heterocycles. The highest BCUT2D eigenvalue weighted by Crippen LogP contribution is 2.39. The van der Waals surface area contributed by atoms with E-state index in [1.807, 2.05) is 26.8 Å². The second-order valence-corrected chi connectivity index (χ2v) is 9.89. The maximum atomic E-state index is 12.3. The number of carbonyl (C=O) groups is 1. The SMILES string of the molecule is CC(C)(C)c1cc(NC(=O)CSc2nnc(Cc3cccs3)n2C2CC2)on1. The second kappa shape index (κ2) is 7.71. The molecular formula is C19H23N5O2S2. The highest BCUT2D eigenvalue weighted by atomic mass is 32.2. The molecule has 1 aliphatic rings. The van der Waals surface area contributed by atoms with E-state index in [2.05, 4.69) is 36.7 Å². The Labute approximate surface area is 171 Å². The summed E-state index contributed by atoms with van der Waals surface area (Å²) in [6.07, 6.45) is 3.06. The van der Waals surface area contributed by atoms with E-state index in [-0.39, 0.29) is 17.1 Å². The average molecular weight is 418 g/mol. The Bertz CT molecular complexity index is 952. The average Bonchev–Trinajstić information content (AvgIpc) is 3.02. The summed E-state index contributed by atoms with van der Waals surface area (Å²) in [6.45, 7) is 6.14. The van der Waals surface area contributed by atoms with Crippen molar-refractivity contribution < 1.29 is 9.32 Å². The molecule has 0 unspecified atom stereocenters. The molecule has 1 amide bonds. The first kappa shape index (κ1) is 19.2. The van der Waals surface area contributed by atoms with E-state index >= 15 is 0 Å². The predicted molar refractivity (Wildman–Crippen MR) is 110 cm³/mol. The van der Waals surface area contributed by atoms with E-state index < -0.39 is 0 Å². The monoisotopic (exact) mass is 417 g/mol. The number of hydrogen-bond acceptors (Lipinski definition) is 7. The minimum atomic E-state index is -0.147. The van der Waals surface area contributed by atoms with Crippen LogP contribution in [0.3, 0.4) is 0 Å². The van der Waals surface area contributed by atoms with E-state index in [1.165, 1.54) is 16.6 Å². The van der Waals surface area contributed by atoms with Crippen LogP contribution in [0.1, 0.15) is 56.1 Å². The molecule has 3 heterocycles. The fraction of sp³-hybridized carbons (Fsp3) is 0.474. The van der Waals surface area contributed by atoms with Gasteiger partial charge in [-0.15, -0.1) is 21.5 Å². The number of carbonyl (C=O) groups excluding carboxylic acids is 1. The van der Waals surface area contributed by atoms with E-state index in [9.17, 15) is 4.79 Å². The Balaban J connectivity index is 1.38. The van der Waals surface area contributed by atoms with Crippen LogP contribution in [-0.2, 0) is 16.6 Å². The Morgan fingerprint density at radius 1 is 1.39 bits per heavy atom. The molecule has 0 spiro atoms. The van der Waals surface area contributed by atoms with Gasteiger partial charge in [0.05, 0.1) is 11.4 Å². The van der Waals surface area contributed by atoms with Gasteiger partial charge in [-0.05, 0) is 24.3 Å². The second-order valence-electron chi connectivity index (χ2n) is 7.92. The van der Waals surface area contributed by atoms with Gasteiger partial charge in [-0.3, -0.25) is 10.1 Å². The minimum absolute atomic E-state index is 0.124. The van der Waals surface area contributed by atoms with Gasteiger partial charge in [-0.1, -0.05) is 43.8 Å². The summed E-state index contributed by atoms with van der Waals surface area (Å²) >= 11 is 3.13. The molecule has 148 valence electrons. The van der Waals surface area contributed by atoms with Crippen LogP contribution < -0.4 is 5.32 Å². The number of hydrogen-bond donors (Lipinski definition) is 1. The molecule has 3 aromatic heterocycles. The third-order valence-corrected chi connectivity index (χ3v) is 6.25. The van der Waals surface area contributed by atoms with Crippen LogP contribution in [0, 0.1) is 0 Å². The number of thiophene rings is 1. The Morgan fingerprint density at radius 2 is 2.21 bits per heavy atom. The summed E-state index contributed by atoms with van der Waals surface area (Å²) in [5.74, 6) is 1.44. The normalized spacial score (nSPS) is 14.4. The largest absolute Gasteiger partial charge is 0.338 e. The molecule has 1 saturated carbocycles. The van der Waals surface area contributed by atoms with Crippen molar-refractivity contribution in [2.24, 2.45) is 0 Å². The van der Waals surface area contributed by atoms with Gasteiger partial charge in [0.15, 0.2) is 5.16 Å². The number of anilines is 1. The van der Waals surface area contributed by atoms with Crippen LogP contribution in [-0.4, -0.2) is 31.6 Å². The quantitative estimate of drug-likeness (QED) is 0.578. The molecule has 7 nitrogen and oxygen atoms in total. The molecule has 0 atom stereocenters. The third-order valence-electron chi connectivity index (χ3n) is 4.43. The molecule has 9 heteroatoms. The fourth-order valence-electron chi connectivity index (χ4n) is 2.79. The Morgan fingerprint density at radius 3 is 2.86 bits per heavy atom. The zero-order valence-corrected chi connectivity index (χ0v) is 17.8. The summed E-state index contributed by atoms with van der Waals surface area (Å²) in [5, 5.41) is 18.4. The predicted octanol–water partition coefficient (Wildman–Crippen LogP) is 4.28. The van der Waals surface area contributed by atoms with Gasteiger partial charge >= 0.3 is 0 Å². The van der Waals surface area contributed by atoms with Crippen molar-refractivity contribution in [1.29, 1.82) is 0 Å². The molecule has 1 aliphatic carbocycles. The van der Waals surface area contributed by atoms with Crippen molar-refractivity contribution >= 4 is 34.9 Å².